The molecule has 2 aromatic carbocycles. The van der Waals surface area contributed by atoms with Gasteiger partial charge in [0.1, 0.15) is 5.60 Å². The predicted octanol–water partition coefficient (Wildman–Crippen LogP) is 5.08. The van der Waals surface area contributed by atoms with Gasteiger partial charge in [-0.15, -0.1) is 0 Å². The number of benzene rings is 2. The molecule has 2 aromatic rings. The average Bonchev–Trinajstić information content (AvgIpc) is 2.70. The highest BCUT2D eigenvalue weighted by Crippen LogP contribution is 2.51. The van der Waals surface area contributed by atoms with Crippen LogP contribution < -0.4 is 0 Å². The number of hydrogen-bond acceptors (Lipinski definition) is 1. The van der Waals surface area contributed by atoms with Crippen LogP contribution in [0.5, 0.6) is 0 Å². The monoisotopic (exact) mass is 278 g/mol. The summed E-state index contributed by atoms with van der Waals surface area (Å²) in [7, 11) is 0. The van der Waals surface area contributed by atoms with E-state index < -0.39 is 5.60 Å². The van der Waals surface area contributed by atoms with Crippen LogP contribution >= 0.6 is 0 Å². The molecule has 0 bridgehead atoms. The highest BCUT2D eigenvalue weighted by molar-refractivity contribution is 5.50. The van der Waals surface area contributed by atoms with Gasteiger partial charge in [-0.25, -0.2) is 0 Å². The van der Waals surface area contributed by atoms with Gasteiger partial charge >= 0.3 is 0 Å². The molecular formula is C20H22O. The van der Waals surface area contributed by atoms with Crippen molar-refractivity contribution in [1.29, 1.82) is 0 Å². The second-order valence-electron chi connectivity index (χ2n) is 6.28. The van der Waals surface area contributed by atoms with E-state index >= 15 is 0 Å². The average molecular weight is 278 g/mol. The third-order valence-corrected chi connectivity index (χ3v) is 4.76. The van der Waals surface area contributed by atoms with Crippen molar-refractivity contribution in [3.05, 3.63) is 82.9 Å². The Hall–Kier alpha value is -1.86. The Labute approximate surface area is 127 Å². The van der Waals surface area contributed by atoms with Crippen molar-refractivity contribution in [3.63, 3.8) is 0 Å². The molecule has 0 radical (unpaired) electrons. The molecule has 3 rings (SSSR count). The molecule has 0 fully saturated rings. The van der Waals surface area contributed by atoms with E-state index in [9.17, 15) is 0 Å². The van der Waals surface area contributed by atoms with Gasteiger partial charge in [-0.05, 0) is 50.0 Å². The van der Waals surface area contributed by atoms with E-state index in [1.54, 1.807) is 0 Å². The number of rotatable bonds is 2. The van der Waals surface area contributed by atoms with Crippen LogP contribution in [0.2, 0.25) is 0 Å². The van der Waals surface area contributed by atoms with Crippen molar-refractivity contribution in [2.45, 2.75) is 38.9 Å². The standard InChI is InChI=1S/C20H22O/c1-15-16(2)20(21-19(15,3)4,17-11-7-5-8-12-17)18-13-9-6-10-14-18/h5-14H,1-4H3. The molecule has 1 aliphatic rings. The zero-order chi connectivity index (χ0) is 15.1. The minimum absolute atomic E-state index is 0.254. The molecule has 0 amide bonds. The summed E-state index contributed by atoms with van der Waals surface area (Å²) in [5.74, 6) is 0. The number of ether oxygens (including phenoxy) is 1. The first-order valence-electron chi connectivity index (χ1n) is 7.48. The Bertz CT molecular complexity index is 626. The van der Waals surface area contributed by atoms with Gasteiger partial charge in [0.15, 0.2) is 0 Å². The van der Waals surface area contributed by atoms with Crippen LogP contribution in [0, 0.1) is 0 Å². The molecule has 0 aliphatic carbocycles. The molecule has 1 heteroatoms. The summed E-state index contributed by atoms with van der Waals surface area (Å²) in [5.41, 5.74) is 4.27. The van der Waals surface area contributed by atoms with Crippen LogP contribution in [-0.4, -0.2) is 5.60 Å². The molecule has 0 aromatic heterocycles. The molecular weight excluding hydrogens is 256 g/mol. The second-order valence-corrected chi connectivity index (χ2v) is 6.28. The van der Waals surface area contributed by atoms with E-state index in [1.165, 1.54) is 22.3 Å². The van der Waals surface area contributed by atoms with Gasteiger partial charge in [0.05, 0.1) is 5.60 Å². The lowest BCUT2D eigenvalue weighted by Gasteiger charge is -2.35. The van der Waals surface area contributed by atoms with Crippen molar-refractivity contribution < 1.29 is 4.74 Å². The van der Waals surface area contributed by atoms with Gasteiger partial charge < -0.3 is 4.74 Å². The summed E-state index contributed by atoms with van der Waals surface area (Å²) >= 11 is 0. The van der Waals surface area contributed by atoms with Crippen molar-refractivity contribution in [2.75, 3.05) is 0 Å². The van der Waals surface area contributed by atoms with Gasteiger partial charge in [-0.3, -0.25) is 0 Å². The van der Waals surface area contributed by atoms with Crippen molar-refractivity contribution in [3.8, 4) is 0 Å². The van der Waals surface area contributed by atoms with Gasteiger partial charge in [0.25, 0.3) is 0 Å². The fourth-order valence-electron chi connectivity index (χ4n) is 3.31. The molecule has 21 heavy (non-hydrogen) atoms. The minimum Gasteiger partial charge on any atom is -0.351 e. The van der Waals surface area contributed by atoms with Gasteiger partial charge in [0, 0.05) is 0 Å². The van der Waals surface area contributed by atoms with Crippen molar-refractivity contribution in [2.24, 2.45) is 0 Å². The predicted molar refractivity (Wildman–Crippen MR) is 87.2 cm³/mol. The minimum atomic E-state index is -0.476. The van der Waals surface area contributed by atoms with Gasteiger partial charge in [-0.2, -0.15) is 0 Å². The fraction of sp³-hybridized carbons (Fsp3) is 0.300. The SMILES string of the molecule is CC1=C(C)C(c2ccccc2)(c2ccccc2)OC1(C)C. The fourth-order valence-corrected chi connectivity index (χ4v) is 3.31. The Morgan fingerprint density at radius 1 is 0.667 bits per heavy atom. The normalized spacial score (nSPS) is 19.8. The van der Waals surface area contributed by atoms with Gasteiger partial charge in [0.2, 0.25) is 0 Å². The molecule has 1 heterocycles. The van der Waals surface area contributed by atoms with E-state index in [-0.39, 0.29) is 5.60 Å². The Morgan fingerprint density at radius 2 is 1.10 bits per heavy atom. The molecule has 0 spiro atoms. The summed E-state index contributed by atoms with van der Waals surface area (Å²) < 4.78 is 6.66. The van der Waals surface area contributed by atoms with E-state index in [2.05, 4.69) is 76.2 Å². The summed E-state index contributed by atoms with van der Waals surface area (Å²) in [4.78, 5) is 0. The quantitative estimate of drug-likeness (QED) is 0.696. The van der Waals surface area contributed by atoms with Gasteiger partial charge in [-0.1, -0.05) is 60.7 Å². The van der Waals surface area contributed by atoms with Crippen molar-refractivity contribution in [1.82, 2.24) is 0 Å². The maximum atomic E-state index is 6.66. The van der Waals surface area contributed by atoms with E-state index in [0.717, 1.165) is 0 Å². The summed E-state index contributed by atoms with van der Waals surface area (Å²) in [6.07, 6.45) is 0. The topological polar surface area (TPSA) is 9.23 Å². The summed E-state index contributed by atoms with van der Waals surface area (Å²) in [5, 5.41) is 0. The van der Waals surface area contributed by atoms with Crippen LogP contribution in [0.4, 0.5) is 0 Å². The molecule has 1 nitrogen and oxygen atoms in total. The molecule has 0 saturated carbocycles. The van der Waals surface area contributed by atoms with Crippen molar-refractivity contribution >= 4 is 0 Å². The van der Waals surface area contributed by atoms with Crippen LogP contribution in [0.25, 0.3) is 0 Å². The molecule has 0 unspecified atom stereocenters. The first-order chi connectivity index (χ1) is 9.98. The molecule has 1 aliphatic heterocycles. The highest BCUT2D eigenvalue weighted by atomic mass is 16.5. The summed E-state index contributed by atoms with van der Waals surface area (Å²) in [6, 6.07) is 21.1. The maximum absolute atomic E-state index is 6.66. The first-order valence-corrected chi connectivity index (χ1v) is 7.48. The molecule has 0 atom stereocenters. The second kappa shape index (κ2) is 4.85. The van der Waals surface area contributed by atoms with E-state index in [4.69, 9.17) is 4.74 Å². The van der Waals surface area contributed by atoms with E-state index in [1.807, 2.05) is 12.1 Å². The number of hydrogen-bond donors (Lipinski definition) is 0. The zero-order valence-electron chi connectivity index (χ0n) is 13.2. The lowest BCUT2D eigenvalue weighted by atomic mass is 9.80. The highest BCUT2D eigenvalue weighted by Gasteiger charge is 2.49. The third kappa shape index (κ3) is 2.04. The molecule has 0 N–H and O–H groups in total. The van der Waals surface area contributed by atoms with Crippen LogP contribution in [0.15, 0.2) is 71.8 Å². The Kier molecular flexibility index (Phi) is 3.26. The van der Waals surface area contributed by atoms with Crippen LogP contribution in [0.3, 0.4) is 0 Å². The third-order valence-electron chi connectivity index (χ3n) is 4.76. The Morgan fingerprint density at radius 3 is 1.43 bits per heavy atom. The van der Waals surface area contributed by atoms with Crippen LogP contribution in [0.1, 0.15) is 38.8 Å². The molecule has 108 valence electrons. The van der Waals surface area contributed by atoms with E-state index in [0.29, 0.717) is 0 Å². The maximum Gasteiger partial charge on any atom is 0.141 e. The molecule has 0 saturated heterocycles. The largest absolute Gasteiger partial charge is 0.351 e. The lowest BCUT2D eigenvalue weighted by Crippen LogP contribution is -2.34. The Balaban J connectivity index is 2.29. The first kappa shape index (κ1) is 14.1. The van der Waals surface area contributed by atoms with Crippen LogP contribution in [-0.2, 0) is 10.3 Å². The lowest BCUT2D eigenvalue weighted by molar-refractivity contribution is -0.0581. The zero-order valence-corrected chi connectivity index (χ0v) is 13.2. The smallest absolute Gasteiger partial charge is 0.141 e. The summed E-state index contributed by atoms with van der Waals surface area (Å²) in [6.45, 7) is 8.69.